The third-order valence-corrected chi connectivity index (χ3v) is 6.45. The van der Waals surface area contributed by atoms with E-state index in [1.807, 2.05) is 31.2 Å². The Morgan fingerprint density at radius 1 is 1.17 bits per heavy atom. The molecular weight excluding hydrogens is 364 g/mol. The van der Waals surface area contributed by atoms with E-state index in [-0.39, 0.29) is 11.7 Å². The van der Waals surface area contributed by atoms with E-state index >= 15 is 0 Å². The summed E-state index contributed by atoms with van der Waals surface area (Å²) in [6.07, 6.45) is 2.73. The first kappa shape index (κ1) is 16.0. The molecule has 0 aliphatic heterocycles. The highest BCUT2D eigenvalue weighted by atomic mass is 79.9. The Morgan fingerprint density at radius 2 is 1.92 bits per heavy atom. The van der Waals surface area contributed by atoms with Crippen molar-refractivity contribution in [3.63, 3.8) is 0 Å². The van der Waals surface area contributed by atoms with Gasteiger partial charge in [-0.1, -0.05) is 52.3 Å². The first-order valence-electron chi connectivity index (χ1n) is 8.52. The lowest BCUT2D eigenvalue weighted by Crippen LogP contribution is -2.58. The maximum absolute atomic E-state index is 13.4. The van der Waals surface area contributed by atoms with E-state index in [0.717, 1.165) is 10.0 Å². The van der Waals surface area contributed by atoms with Gasteiger partial charge in [0.15, 0.2) is 0 Å². The third-order valence-electron chi connectivity index (χ3n) is 5.95. The maximum Gasteiger partial charge on any atom is 0.150 e. The molecule has 2 aliphatic rings. The second-order valence-corrected chi connectivity index (χ2v) is 8.44. The van der Waals surface area contributed by atoms with Gasteiger partial charge in [-0.2, -0.15) is 0 Å². The minimum Gasteiger partial charge on any atom is -0.389 e. The van der Waals surface area contributed by atoms with Crippen LogP contribution in [0.5, 0.6) is 0 Å². The second-order valence-electron chi connectivity index (χ2n) is 7.52. The van der Waals surface area contributed by atoms with E-state index in [9.17, 15) is 9.90 Å². The van der Waals surface area contributed by atoms with E-state index in [1.54, 1.807) is 0 Å². The fourth-order valence-electron chi connectivity index (χ4n) is 4.59. The van der Waals surface area contributed by atoms with Crippen molar-refractivity contribution in [2.75, 3.05) is 0 Å². The van der Waals surface area contributed by atoms with Crippen molar-refractivity contribution in [1.82, 2.24) is 0 Å². The van der Waals surface area contributed by atoms with E-state index in [1.165, 1.54) is 11.1 Å². The van der Waals surface area contributed by atoms with E-state index in [0.29, 0.717) is 25.7 Å². The summed E-state index contributed by atoms with van der Waals surface area (Å²) in [7, 11) is 0. The molecule has 2 aromatic carbocycles. The Hall–Kier alpha value is -1.45. The number of ketones is 1. The highest BCUT2D eigenvalue weighted by Gasteiger charge is 2.56. The molecule has 1 saturated carbocycles. The SMILES string of the molecule is C[C@@]1(O)CC[C@]2(Cc3ccccc3)C(=O)[C@H]1Cc1cc(Br)ccc12. The maximum atomic E-state index is 13.4. The Balaban J connectivity index is 1.88. The van der Waals surface area contributed by atoms with Crippen molar-refractivity contribution < 1.29 is 9.90 Å². The summed E-state index contributed by atoms with van der Waals surface area (Å²) < 4.78 is 1.03. The summed E-state index contributed by atoms with van der Waals surface area (Å²) in [5.74, 6) is -0.0887. The van der Waals surface area contributed by atoms with Crippen molar-refractivity contribution in [3.05, 3.63) is 69.7 Å². The second kappa shape index (κ2) is 5.53. The summed E-state index contributed by atoms with van der Waals surface area (Å²) in [6.45, 7) is 1.82. The first-order valence-corrected chi connectivity index (χ1v) is 9.31. The van der Waals surface area contributed by atoms with Gasteiger partial charge < -0.3 is 5.11 Å². The van der Waals surface area contributed by atoms with Gasteiger partial charge in [0.2, 0.25) is 0 Å². The first-order chi connectivity index (χ1) is 11.4. The van der Waals surface area contributed by atoms with Gasteiger partial charge in [-0.3, -0.25) is 4.79 Å². The third kappa shape index (κ3) is 2.37. The summed E-state index contributed by atoms with van der Waals surface area (Å²) >= 11 is 3.55. The van der Waals surface area contributed by atoms with Crippen molar-refractivity contribution in [2.45, 2.75) is 43.6 Å². The van der Waals surface area contributed by atoms with Gasteiger partial charge in [-0.05, 0) is 61.4 Å². The largest absolute Gasteiger partial charge is 0.389 e. The van der Waals surface area contributed by atoms with Crippen LogP contribution in [0.25, 0.3) is 0 Å². The molecule has 0 radical (unpaired) electrons. The van der Waals surface area contributed by atoms with Gasteiger partial charge in [-0.25, -0.2) is 0 Å². The standard InChI is InChI=1S/C21H21BrO2/c1-20(24)9-10-21(13-14-5-3-2-4-6-14)17-8-7-16(22)11-15(17)12-18(20)19(21)23/h2-8,11,18,24H,9-10,12-13H2,1H3/t18-,20-,21-/m1/s1. The smallest absolute Gasteiger partial charge is 0.150 e. The lowest BCUT2D eigenvalue weighted by Gasteiger charge is -2.51. The lowest BCUT2D eigenvalue weighted by molar-refractivity contribution is -0.146. The molecule has 24 heavy (non-hydrogen) atoms. The lowest BCUT2D eigenvalue weighted by atomic mass is 9.53. The van der Waals surface area contributed by atoms with Crippen LogP contribution in [0.4, 0.5) is 0 Å². The van der Waals surface area contributed by atoms with E-state index < -0.39 is 11.0 Å². The molecule has 3 atom stereocenters. The van der Waals surface area contributed by atoms with Gasteiger partial charge in [0.1, 0.15) is 5.78 Å². The molecule has 3 heteroatoms. The number of carbonyl (C=O) groups is 1. The number of aliphatic hydroxyl groups is 1. The molecule has 0 heterocycles. The number of carbonyl (C=O) groups excluding carboxylic acids is 1. The van der Waals surface area contributed by atoms with Crippen LogP contribution in [0.2, 0.25) is 0 Å². The molecule has 2 bridgehead atoms. The molecule has 0 saturated heterocycles. The van der Waals surface area contributed by atoms with Crippen LogP contribution in [0.15, 0.2) is 53.0 Å². The van der Waals surface area contributed by atoms with Gasteiger partial charge in [0.25, 0.3) is 0 Å². The summed E-state index contributed by atoms with van der Waals surface area (Å²) in [5.41, 5.74) is 2.14. The van der Waals surface area contributed by atoms with Crippen LogP contribution in [0.3, 0.4) is 0 Å². The summed E-state index contributed by atoms with van der Waals surface area (Å²) in [4.78, 5) is 13.4. The molecule has 1 N–H and O–H groups in total. The summed E-state index contributed by atoms with van der Waals surface area (Å²) in [5, 5.41) is 10.8. The number of rotatable bonds is 2. The monoisotopic (exact) mass is 384 g/mol. The van der Waals surface area contributed by atoms with Crippen molar-refractivity contribution in [3.8, 4) is 0 Å². The molecule has 2 aromatic rings. The highest BCUT2D eigenvalue weighted by molar-refractivity contribution is 9.10. The summed E-state index contributed by atoms with van der Waals surface area (Å²) in [6, 6.07) is 16.5. The minimum atomic E-state index is -0.905. The number of hydrogen-bond acceptors (Lipinski definition) is 2. The number of Topliss-reactive ketones (excluding diaryl/α,β-unsaturated/α-hetero) is 1. The number of fused-ring (bicyclic) bond motifs is 4. The Morgan fingerprint density at radius 3 is 2.67 bits per heavy atom. The van der Waals surface area contributed by atoms with E-state index in [4.69, 9.17) is 0 Å². The average Bonchev–Trinajstić information content (AvgIpc) is 2.55. The average molecular weight is 385 g/mol. The van der Waals surface area contributed by atoms with Crippen LogP contribution in [-0.2, 0) is 23.1 Å². The normalized spacial score (nSPS) is 31.6. The predicted octanol–water partition coefficient (Wildman–Crippen LogP) is 4.22. The van der Waals surface area contributed by atoms with Gasteiger partial charge in [-0.15, -0.1) is 0 Å². The molecule has 1 fully saturated rings. The molecule has 0 spiro atoms. The van der Waals surface area contributed by atoms with Gasteiger partial charge >= 0.3 is 0 Å². The topological polar surface area (TPSA) is 37.3 Å². The van der Waals surface area contributed by atoms with Gasteiger partial charge in [0.05, 0.1) is 16.9 Å². The van der Waals surface area contributed by atoms with Crippen molar-refractivity contribution in [1.29, 1.82) is 0 Å². The predicted molar refractivity (Wildman–Crippen MR) is 98.0 cm³/mol. The number of benzene rings is 2. The zero-order valence-corrected chi connectivity index (χ0v) is 15.3. The minimum absolute atomic E-state index is 0.220. The molecule has 2 aliphatic carbocycles. The molecular formula is C21H21BrO2. The van der Waals surface area contributed by atoms with Crippen molar-refractivity contribution in [2.24, 2.45) is 5.92 Å². The van der Waals surface area contributed by atoms with Crippen LogP contribution < -0.4 is 0 Å². The van der Waals surface area contributed by atoms with Crippen LogP contribution in [0.1, 0.15) is 36.5 Å². The fraction of sp³-hybridized carbons (Fsp3) is 0.381. The molecule has 2 nitrogen and oxygen atoms in total. The highest BCUT2D eigenvalue weighted by Crippen LogP contribution is 2.51. The molecule has 0 amide bonds. The van der Waals surface area contributed by atoms with Crippen molar-refractivity contribution >= 4 is 21.7 Å². The fourth-order valence-corrected chi connectivity index (χ4v) is 5.00. The zero-order chi connectivity index (χ0) is 16.9. The molecule has 0 unspecified atom stereocenters. The Bertz CT molecular complexity index is 797. The van der Waals surface area contributed by atoms with E-state index in [2.05, 4.69) is 40.2 Å². The quantitative estimate of drug-likeness (QED) is 0.841. The van der Waals surface area contributed by atoms with Crippen LogP contribution >= 0.6 is 15.9 Å². The molecule has 124 valence electrons. The number of hydrogen-bond donors (Lipinski definition) is 1. The zero-order valence-electron chi connectivity index (χ0n) is 13.8. The Labute approximate surface area is 151 Å². The van der Waals surface area contributed by atoms with Gasteiger partial charge in [0, 0.05) is 4.47 Å². The number of halogens is 1. The Kier molecular flexibility index (Phi) is 3.70. The molecule has 0 aromatic heterocycles. The molecule has 4 rings (SSSR count). The van der Waals surface area contributed by atoms with Crippen LogP contribution in [-0.4, -0.2) is 16.5 Å². The van der Waals surface area contributed by atoms with Crippen LogP contribution in [0, 0.1) is 5.92 Å².